The van der Waals surface area contributed by atoms with Crippen molar-refractivity contribution in [2.24, 2.45) is 0 Å². The summed E-state index contributed by atoms with van der Waals surface area (Å²) in [6, 6.07) is 15.6. The van der Waals surface area contributed by atoms with Gasteiger partial charge < -0.3 is 10.3 Å². The summed E-state index contributed by atoms with van der Waals surface area (Å²) in [7, 11) is 0. The van der Waals surface area contributed by atoms with Gasteiger partial charge in [-0.2, -0.15) is 11.8 Å². The standard InChI is InChI=1S/C19H20BrN3OS/c1-25-11-10-17(19-22-15-4-2-3-5-16(15)23-19)21-18(24)12-13-6-8-14(20)9-7-13/h2-9,17H,10-12H2,1H3,(H,21,24)(H,22,23)/t17-/m1/s1. The number of carbonyl (C=O) groups is 1. The van der Waals surface area contributed by atoms with Crippen molar-refractivity contribution in [3.05, 3.63) is 64.4 Å². The highest BCUT2D eigenvalue weighted by Crippen LogP contribution is 2.20. The maximum absolute atomic E-state index is 12.5. The van der Waals surface area contributed by atoms with Crippen LogP contribution in [0.5, 0.6) is 0 Å². The predicted octanol–water partition coefficient (Wildman–Crippen LogP) is 4.48. The lowest BCUT2D eigenvalue weighted by Crippen LogP contribution is -2.31. The molecule has 3 aromatic rings. The number of halogens is 1. The average Bonchev–Trinajstić information content (AvgIpc) is 3.04. The molecule has 2 aromatic carbocycles. The minimum Gasteiger partial charge on any atom is -0.346 e. The highest BCUT2D eigenvalue weighted by Gasteiger charge is 2.18. The van der Waals surface area contributed by atoms with Crippen LogP contribution in [0, 0.1) is 0 Å². The highest BCUT2D eigenvalue weighted by molar-refractivity contribution is 9.10. The molecule has 0 aliphatic rings. The molecule has 1 heterocycles. The zero-order valence-corrected chi connectivity index (χ0v) is 16.4. The molecule has 0 saturated carbocycles. The molecule has 130 valence electrons. The second-order valence-corrected chi connectivity index (χ2v) is 7.75. The molecule has 3 rings (SSSR count). The van der Waals surface area contributed by atoms with Gasteiger partial charge in [-0.25, -0.2) is 4.98 Å². The molecular weight excluding hydrogens is 398 g/mol. The van der Waals surface area contributed by atoms with Crippen LogP contribution in [0.4, 0.5) is 0 Å². The fourth-order valence-electron chi connectivity index (χ4n) is 2.68. The summed E-state index contributed by atoms with van der Waals surface area (Å²) >= 11 is 5.18. The largest absolute Gasteiger partial charge is 0.346 e. The third-order valence-corrected chi connectivity index (χ3v) is 5.13. The third-order valence-electron chi connectivity index (χ3n) is 3.96. The maximum atomic E-state index is 12.5. The van der Waals surface area contributed by atoms with Crippen LogP contribution in [0.2, 0.25) is 0 Å². The Morgan fingerprint density at radius 3 is 2.72 bits per heavy atom. The molecule has 0 aliphatic carbocycles. The van der Waals surface area contributed by atoms with Crippen LogP contribution in [0.15, 0.2) is 53.0 Å². The Balaban J connectivity index is 1.73. The molecule has 4 nitrogen and oxygen atoms in total. The van der Waals surface area contributed by atoms with Gasteiger partial charge in [-0.1, -0.05) is 40.2 Å². The Kier molecular flexibility index (Phi) is 6.15. The summed E-state index contributed by atoms with van der Waals surface area (Å²) in [6.45, 7) is 0. The van der Waals surface area contributed by atoms with Gasteiger partial charge in [-0.05, 0) is 48.3 Å². The Hall–Kier alpha value is -1.79. The van der Waals surface area contributed by atoms with E-state index in [1.54, 1.807) is 11.8 Å². The lowest BCUT2D eigenvalue weighted by atomic mass is 10.1. The number of imidazole rings is 1. The number of hydrogen-bond donors (Lipinski definition) is 2. The van der Waals surface area contributed by atoms with Crippen LogP contribution in [-0.4, -0.2) is 27.9 Å². The monoisotopic (exact) mass is 417 g/mol. The molecule has 0 spiro atoms. The van der Waals surface area contributed by atoms with Gasteiger partial charge in [0.25, 0.3) is 0 Å². The minimum absolute atomic E-state index is 0.00822. The van der Waals surface area contributed by atoms with Crippen molar-refractivity contribution in [2.75, 3.05) is 12.0 Å². The zero-order chi connectivity index (χ0) is 17.6. The number of nitrogens with one attached hydrogen (secondary N) is 2. The third kappa shape index (κ3) is 4.86. The molecule has 1 atom stereocenters. The number of H-pyrrole nitrogens is 1. The van der Waals surface area contributed by atoms with E-state index in [4.69, 9.17) is 0 Å². The summed E-state index contributed by atoms with van der Waals surface area (Å²) in [5.74, 6) is 1.79. The van der Waals surface area contributed by atoms with Crippen molar-refractivity contribution in [1.29, 1.82) is 0 Å². The van der Waals surface area contributed by atoms with E-state index in [1.807, 2.05) is 48.5 Å². The summed E-state index contributed by atoms with van der Waals surface area (Å²) in [6.07, 6.45) is 3.27. The highest BCUT2D eigenvalue weighted by atomic mass is 79.9. The van der Waals surface area contributed by atoms with Crippen molar-refractivity contribution in [2.45, 2.75) is 18.9 Å². The summed E-state index contributed by atoms with van der Waals surface area (Å²) in [4.78, 5) is 20.5. The van der Waals surface area contributed by atoms with Gasteiger partial charge in [0, 0.05) is 4.47 Å². The first-order valence-electron chi connectivity index (χ1n) is 8.13. The second-order valence-electron chi connectivity index (χ2n) is 5.84. The smallest absolute Gasteiger partial charge is 0.225 e. The van der Waals surface area contributed by atoms with Crippen LogP contribution in [-0.2, 0) is 11.2 Å². The minimum atomic E-state index is -0.109. The van der Waals surface area contributed by atoms with Gasteiger partial charge in [-0.3, -0.25) is 4.79 Å². The van der Waals surface area contributed by atoms with Gasteiger partial charge in [-0.15, -0.1) is 0 Å². The number of rotatable bonds is 7. The van der Waals surface area contributed by atoms with Gasteiger partial charge in [0.05, 0.1) is 23.5 Å². The predicted molar refractivity (Wildman–Crippen MR) is 108 cm³/mol. The molecule has 0 unspecified atom stereocenters. The SMILES string of the molecule is CSCC[C@@H](NC(=O)Cc1ccc(Br)cc1)c1nc2ccccc2[nH]1. The molecule has 2 N–H and O–H groups in total. The van der Waals surface area contributed by atoms with Crippen molar-refractivity contribution in [1.82, 2.24) is 15.3 Å². The number of benzene rings is 2. The number of para-hydroxylation sites is 2. The van der Waals surface area contributed by atoms with Crippen LogP contribution >= 0.6 is 27.7 Å². The van der Waals surface area contributed by atoms with E-state index in [-0.39, 0.29) is 11.9 Å². The van der Waals surface area contributed by atoms with Gasteiger partial charge in [0.2, 0.25) is 5.91 Å². The first-order valence-corrected chi connectivity index (χ1v) is 10.3. The van der Waals surface area contributed by atoms with Crippen molar-refractivity contribution in [3.63, 3.8) is 0 Å². The lowest BCUT2D eigenvalue weighted by Gasteiger charge is -2.16. The van der Waals surface area contributed by atoms with E-state index in [0.29, 0.717) is 6.42 Å². The first-order chi connectivity index (χ1) is 12.2. The van der Waals surface area contributed by atoms with Crippen LogP contribution in [0.25, 0.3) is 11.0 Å². The van der Waals surface area contributed by atoms with Crippen LogP contribution in [0.1, 0.15) is 23.9 Å². The number of hydrogen-bond acceptors (Lipinski definition) is 3. The molecule has 0 saturated heterocycles. The van der Waals surface area contributed by atoms with Crippen molar-refractivity contribution < 1.29 is 4.79 Å². The van der Waals surface area contributed by atoms with Crippen LogP contribution in [0.3, 0.4) is 0 Å². The fraction of sp³-hybridized carbons (Fsp3) is 0.263. The summed E-state index contributed by atoms with van der Waals surface area (Å²) < 4.78 is 1.01. The van der Waals surface area contributed by atoms with E-state index in [2.05, 4.69) is 37.5 Å². The molecule has 6 heteroatoms. The molecule has 1 amide bonds. The number of carbonyl (C=O) groups excluding carboxylic acids is 1. The number of thioether (sulfide) groups is 1. The van der Waals surface area contributed by atoms with Gasteiger partial charge in [0.1, 0.15) is 5.82 Å². The summed E-state index contributed by atoms with van der Waals surface area (Å²) in [5.41, 5.74) is 2.91. The second kappa shape index (κ2) is 8.54. The van der Waals surface area contributed by atoms with Gasteiger partial charge >= 0.3 is 0 Å². The Morgan fingerprint density at radius 2 is 2.00 bits per heavy atom. The molecule has 0 fully saturated rings. The number of aromatic nitrogens is 2. The number of nitrogens with zero attached hydrogens (tertiary/aromatic N) is 1. The molecule has 0 aliphatic heterocycles. The van der Waals surface area contributed by atoms with Crippen molar-refractivity contribution >= 4 is 44.6 Å². The topological polar surface area (TPSA) is 57.8 Å². The number of aromatic amines is 1. The van der Waals surface area contributed by atoms with E-state index >= 15 is 0 Å². The van der Waals surface area contributed by atoms with E-state index < -0.39 is 0 Å². The Morgan fingerprint density at radius 1 is 1.24 bits per heavy atom. The number of amides is 1. The lowest BCUT2D eigenvalue weighted by molar-refractivity contribution is -0.121. The van der Waals surface area contributed by atoms with E-state index in [0.717, 1.165) is 39.1 Å². The van der Waals surface area contributed by atoms with Crippen LogP contribution < -0.4 is 5.32 Å². The fourth-order valence-corrected chi connectivity index (χ4v) is 3.42. The molecule has 25 heavy (non-hydrogen) atoms. The van der Waals surface area contributed by atoms with Gasteiger partial charge in [0.15, 0.2) is 0 Å². The van der Waals surface area contributed by atoms with E-state index in [9.17, 15) is 4.79 Å². The first kappa shape index (κ1) is 18.0. The Labute approximate surface area is 159 Å². The molecule has 1 aromatic heterocycles. The molecule has 0 radical (unpaired) electrons. The van der Waals surface area contributed by atoms with Crippen molar-refractivity contribution in [3.8, 4) is 0 Å². The van der Waals surface area contributed by atoms with E-state index in [1.165, 1.54) is 0 Å². The zero-order valence-electron chi connectivity index (χ0n) is 14.0. The Bertz CT molecular complexity index is 814. The maximum Gasteiger partial charge on any atom is 0.225 e. The normalized spacial score (nSPS) is 12.2. The number of fused-ring (bicyclic) bond motifs is 1. The summed E-state index contributed by atoms with van der Waals surface area (Å²) in [5, 5.41) is 3.13. The molecular formula is C19H20BrN3OS. The average molecular weight is 418 g/mol. The molecule has 0 bridgehead atoms. The quantitative estimate of drug-likeness (QED) is 0.595.